The number of piperazine rings is 1. The highest BCUT2D eigenvalue weighted by molar-refractivity contribution is 7.18. The molecule has 1 fully saturated rings. The number of halogens is 1. The Hall–Kier alpha value is -2.54. The van der Waals surface area contributed by atoms with Crippen LogP contribution in [0.4, 0.5) is 10.2 Å². The minimum absolute atomic E-state index is 0.0825. The number of thiophene rings is 1. The average Bonchev–Trinajstić information content (AvgIpc) is 3.12. The van der Waals surface area contributed by atoms with E-state index in [4.69, 9.17) is 4.98 Å². The second-order valence-corrected chi connectivity index (χ2v) is 8.17. The van der Waals surface area contributed by atoms with E-state index >= 15 is 0 Å². The fourth-order valence-electron chi connectivity index (χ4n) is 3.53. The van der Waals surface area contributed by atoms with Crippen molar-refractivity contribution in [1.82, 2.24) is 14.9 Å². The fourth-order valence-corrected chi connectivity index (χ4v) is 4.54. The zero-order valence-corrected chi connectivity index (χ0v) is 16.9. The number of hydrogen-bond acceptors (Lipinski definition) is 5. The Bertz CT molecular complexity index is 994. The minimum Gasteiger partial charge on any atom is -0.352 e. The van der Waals surface area contributed by atoms with Crippen LogP contribution in [0, 0.1) is 12.7 Å². The first-order valence-corrected chi connectivity index (χ1v) is 10.4. The molecule has 4 rings (SSSR count). The summed E-state index contributed by atoms with van der Waals surface area (Å²) in [5.41, 5.74) is 0.840. The summed E-state index contributed by atoms with van der Waals surface area (Å²) in [6.45, 7) is 6.90. The third kappa shape index (κ3) is 3.85. The Morgan fingerprint density at radius 2 is 1.86 bits per heavy atom. The number of carbonyl (C=O) groups excluding carboxylic acids is 1. The maximum Gasteiger partial charge on any atom is 0.227 e. The van der Waals surface area contributed by atoms with Gasteiger partial charge in [-0.3, -0.25) is 4.79 Å². The quantitative estimate of drug-likeness (QED) is 0.674. The van der Waals surface area contributed by atoms with E-state index in [-0.39, 0.29) is 11.7 Å². The van der Waals surface area contributed by atoms with Crippen molar-refractivity contribution in [3.05, 3.63) is 52.4 Å². The molecular weight excluding hydrogens is 375 g/mol. The van der Waals surface area contributed by atoms with Gasteiger partial charge in [0.25, 0.3) is 0 Å². The van der Waals surface area contributed by atoms with Gasteiger partial charge in [-0.25, -0.2) is 14.4 Å². The van der Waals surface area contributed by atoms with Gasteiger partial charge in [-0.15, -0.1) is 11.3 Å². The molecule has 7 heteroatoms. The van der Waals surface area contributed by atoms with Crippen LogP contribution in [0.3, 0.4) is 0 Å². The van der Waals surface area contributed by atoms with Crippen molar-refractivity contribution in [2.45, 2.75) is 26.7 Å². The van der Waals surface area contributed by atoms with E-state index in [1.54, 1.807) is 23.5 Å². The zero-order valence-electron chi connectivity index (χ0n) is 16.1. The number of rotatable bonds is 4. The van der Waals surface area contributed by atoms with E-state index in [2.05, 4.69) is 22.9 Å². The third-order valence-electron chi connectivity index (χ3n) is 5.08. The number of fused-ring (bicyclic) bond motifs is 1. The van der Waals surface area contributed by atoms with Crippen molar-refractivity contribution >= 4 is 33.3 Å². The molecule has 0 radical (unpaired) electrons. The standard InChI is InChI=1S/C21H23FN4OS/c1-3-17-13-18-20(23-14(2)24-21(18)28-17)26-10-8-25(9-11-26)19(27)12-15-4-6-16(22)7-5-15/h4-7,13H,3,8-12H2,1-2H3. The van der Waals surface area contributed by atoms with E-state index in [9.17, 15) is 9.18 Å². The smallest absolute Gasteiger partial charge is 0.227 e. The number of amides is 1. The van der Waals surface area contributed by atoms with Crippen molar-refractivity contribution in [2.75, 3.05) is 31.1 Å². The Morgan fingerprint density at radius 1 is 1.14 bits per heavy atom. The van der Waals surface area contributed by atoms with Crippen LogP contribution in [0.5, 0.6) is 0 Å². The van der Waals surface area contributed by atoms with Crippen molar-refractivity contribution in [1.29, 1.82) is 0 Å². The van der Waals surface area contributed by atoms with E-state index < -0.39 is 0 Å². The lowest BCUT2D eigenvalue weighted by molar-refractivity contribution is -0.130. The Balaban J connectivity index is 1.45. The zero-order chi connectivity index (χ0) is 19.7. The lowest BCUT2D eigenvalue weighted by Gasteiger charge is -2.35. The van der Waals surface area contributed by atoms with Gasteiger partial charge in [-0.1, -0.05) is 19.1 Å². The number of hydrogen-bond donors (Lipinski definition) is 0. The highest BCUT2D eigenvalue weighted by Crippen LogP contribution is 2.31. The molecule has 3 aromatic rings. The Kier molecular flexibility index (Phi) is 5.26. The van der Waals surface area contributed by atoms with Gasteiger partial charge in [0.15, 0.2) is 0 Å². The first-order chi connectivity index (χ1) is 13.5. The van der Waals surface area contributed by atoms with E-state index in [0.29, 0.717) is 19.5 Å². The highest BCUT2D eigenvalue weighted by atomic mass is 32.1. The molecule has 0 saturated carbocycles. The lowest BCUT2D eigenvalue weighted by atomic mass is 10.1. The molecule has 0 aliphatic carbocycles. The van der Waals surface area contributed by atoms with Gasteiger partial charge in [0.05, 0.1) is 11.8 Å². The van der Waals surface area contributed by atoms with Gasteiger partial charge < -0.3 is 9.80 Å². The molecule has 0 unspecified atom stereocenters. The number of aryl methyl sites for hydroxylation is 2. The fraction of sp³-hybridized carbons (Fsp3) is 0.381. The molecule has 0 atom stereocenters. The molecule has 0 spiro atoms. The van der Waals surface area contributed by atoms with Gasteiger partial charge in [0.2, 0.25) is 5.91 Å². The number of nitrogens with zero attached hydrogens (tertiary/aromatic N) is 4. The van der Waals surface area contributed by atoms with E-state index in [1.807, 2.05) is 11.8 Å². The van der Waals surface area contributed by atoms with Gasteiger partial charge in [0.1, 0.15) is 22.3 Å². The van der Waals surface area contributed by atoms with Crippen LogP contribution in [0.2, 0.25) is 0 Å². The molecule has 1 aliphatic heterocycles. The Labute approximate surface area is 167 Å². The molecule has 0 bridgehead atoms. The SMILES string of the molecule is CCc1cc2c(N3CCN(C(=O)Cc4ccc(F)cc4)CC3)nc(C)nc2s1. The number of anilines is 1. The largest absolute Gasteiger partial charge is 0.352 e. The van der Waals surface area contributed by atoms with Crippen LogP contribution in [-0.4, -0.2) is 47.0 Å². The van der Waals surface area contributed by atoms with Gasteiger partial charge in [0, 0.05) is 31.1 Å². The lowest BCUT2D eigenvalue weighted by Crippen LogP contribution is -2.49. The molecule has 1 aromatic carbocycles. The summed E-state index contributed by atoms with van der Waals surface area (Å²) in [4.78, 5) is 28.4. The van der Waals surface area contributed by atoms with E-state index in [1.165, 1.54) is 17.0 Å². The molecule has 5 nitrogen and oxygen atoms in total. The summed E-state index contributed by atoms with van der Waals surface area (Å²) in [6, 6.07) is 8.34. The topological polar surface area (TPSA) is 49.3 Å². The molecule has 146 valence electrons. The first-order valence-electron chi connectivity index (χ1n) is 9.57. The van der Waals surface area contributed by atoms with E-state index in [0.717, 1.165) is 46.9 Å². The molecule has 1 aliphatic rings. The van der Waals surface area contributed by atoms with Crippen molar-refractivity contribution < 1.29 is 9.18 Å². The van der Waals surface area contributed by atoms with Gasteiger partial charge in [-0.05, 0) is 37.1 Å². The van der Waals surface area contributed by atoms with Crippen LogP contribution < -0.4 is 4.90 Å². The summed E-state index contributed by atoms with van der Waals surface area (Å²) in [6.07, 6.45) is 1.30. The summed E-state index contributed by atoms with van der Waals surface area (Å²) < 4.78 is 13.0. The van der Waals surface area contributed by atoms with Gasteiger partial charge >= 0.3 is 0 Å². The van der Waals surface area contributed by atoms with Crippen LogP contribution in [0.25, 0.3) is 10.2 Å². The summed E-state index contributed by atoms with van der Waals surface area (Å²) in [5, 5.41) is 1.11. The summed E-state index contributed by atoms with van der Waals surface area (Å²) in [5.74, 6) is 1.56. The summed E-state index contributed by atoms with van der Waals surface area (Å²) >= 11 is 1.73. The highest BCUT2D eigenvalue weighted by Gasteiger charge is 2.24. The second kappa shape index (κ2) is 7.83. The second-order valence-electron chi connectivity index (χ2n) is 7.05. The molecule has 28 heavy (non-hydrogen) atoms. The van der Waals surface area contributed by atoms with Crippen molar-refractivity contribution in [3.8, 4) is 0 Å². The predicted octanol–water partition coefficient (Wildman–Crippen LogP) is 3.59. The average molecular weight is 399 g/mol. The Morgan fingerprint density at radius 3 is 2.54 bits per heavy atom. The maximum absolute atomic E-state index is 13.0. The first kappa shape index (κ1) is 18.8. The molecule has 0 N–H and O–H groups in total. The maximum atomic E-state index is 13.0. The molecule has 1 amide bonds. The van der Waals surface area contributed by atoms with Crippen LogP contribution in [-0.2, 0) is 17.6 Å². The van der Waals surface area contributed by atoms with Crippen molar-refractivity contribution in [3.63, 3.8) is 0 Å². The number of benzene rings is 1. The normalized spacial score (nSPS) is 14.7. The summed E-state index contributed by atoms with van der Waals surface area (Å²) in [7, 11) is 0. The van der Waals surface area contributed by atoms with Crippen LogP contribution in [0.15, 0.2) is 30.3 Å². The predicted molar refractivity (Wildman–Crippen MR) is 110 cm³/mol. The number of carbonyl (C=O) groups is 1. The van der Waals surface area contributed by atoms with Crippen molar-refractivity contribution in [2.24, 2.45) is 0 Å². The molecular formula is C21H23FN4OS. The molecule has 1 saturated heterocycles. The van der Waals surface area contributed by atoms with Crippen LogP contribution >= 0.6 is 11.3 Å². The third-order valence-corrected chi connectivity index (χ3v) is 6.26. The number of aromatic nitrogens is 2. The molecule has 2 aromatic heterocycles. The monoisotopic (exact) mass is 398 g/mol. The van der Waals surface area contributed by atoms with Gasteiger partial charge in [-0.2, -0.15) is 0 Å². The van der Waals surface area contributed by atoms with Crippen LogP contribution in [0.1, 0.15) is 23.2 Å². The minimum atomic E-state index is -0.282. The molecule has 3 heterocycles.